The molecule has 13 heavy (non-hydrogen) atoms. The summed E-state index contributed by atoms with van der Waals surface area (Å²) in [6.45, 7) is 6.35. The van der Waals surface area contributed by atoms with Crippen LogP contribution in [0.25, 0.3) is 0 Å². The zero-order valence-electron chi connectivity index (χ0n) is 8.89. The fourth-order valence-corrected chi connectivity index (χ4v) is 1.65. The Hall–Kier alpha value is -0.890. The van der Waals surface area contributed by atoms with Gasteiger partial charge in [0.2, 0.25) is 0 Å². The van der Waals surface area contributed by atoms with Gasteiger partial charge in [0.25, 0.3) is 0 Å². The minimum absolute atomic E-state index is 0.438. The summed E-state index contributed by atoms with van der Waals surface area (Å²) in [6, 6.07) is 2.57. The number of hydrogen-bond acceptors (Lipinski definition) is 2. The van der Waals surface area contributed by atoms with Gasteiger partial charge < -0.3 is 5.32 Å². The first-order valence-corrected chi connectivity index (χ1v) is 4.79. The maximum absolute atomic E-state index is 4.32. The van der Waals surface area contributed by atoms with Gasteiger partial charge >= 0.3 is 0 Å². The Morgan fingerprint density at radius 2 is 2.15 bits per heavy atom. The molecule has 1 unspecified atom stereocenters. The van der Waals surface area contributed by atoms with Crippen molar-refractivity contribution in [1.29, 1.82) is 0 Å². The molecule has 2 heteroatoms. The SMILES string of the molecule is CCC(NC)c1cnc(C)cc1C. The van der Waals surface area contributed by atoms with E-state index >= 15 is 0 Å². The lowest BCUT2D eigenvalue weighted by Crippen LogP contribution is -2.16. The fraction of sp³-hybridized carbons (Fsp3) is 0.545. The molecular weight excluding hydrogens is 160 g/mol. The molecule has 0 amide bonds. The van der Waals surface area contributed by atoms with Gasteiger partial charge in [0.1, 0.15) is 0 Å². The van der Waals surface area contributed by atoms with E-state index in [1.165, 1.54) is 11.1 Å². The molecule has 0 radical (unpaired) electrons. The number of hydrogen-bond donors (Lipinski definition) is 1. The van der Waals surface area contributed by atoms with E-state index in [0.29, 0.717) is 6.04 Å². The van der Waals surface area contributed by atoms with Crippen LogP contribution in [0.5, 0.6) is 0 Å². The molecule has 1 aromatic rings. The summed E-state index contributed by atoms with van der Waals surface area (Å²) in [5.41, 5.74) is 3.73. The van der Waals surface area contributed by atoms with Crippen LogP contribution < -0.4 is 5.32 Å². The van der Waals surface area contributed by atoms with Gasteiger partial charge in [-0.3, -0.25) is 4.98 Å². The second kappa shape index (κ2) is 4.38. The molecule has 72 valence electrons. The minimum atomic E-state index is 0.438. The third-order valence-corrected chi connectivity index (χ3v) is 2.42. The standard InChI is InChI=1S/C11H18N2/c1-5-11(12-4)10-7-13-9(3)6-8(10)2/h6-7,11-12H,5H2,1-4H3. The number of rotatable bonds is 3. The number of nitrogens with one attached hydrogen (secondary N) is 1. The van der Waals surface area contributed by atoms with Crippen LogP contribution in [-0.2, 0) is 0 Å². The zero-order valence-corrected chi connectivity index (χ0v) is 8.89. The molecule has 0 fully saturated rings. The number of aromatic nitrogens is 1. The Balaban J connectivity index is 2.99. The van der Waals surface area contributed by atoms with Crippen LogP contribution in [0, 0.1) is 13.8 Å². The highest BCUT2D eigenvalue weighted by Crippen LogP contribution is 2.19. The van der Waals surface area contributed by atoms with Crippen molar-refractivity contribution in [3.05, 3.63) is 29.1 Å². The van der Waals surface area contributed by atoms with E-state index in [0.717, 1.165) is 12.1 Å². The van der Waals surface area contributed by atoms with Gasteiger partial charge in [-0.2, -0.15) is 0 Å². The normalized spacial score (nSPS) is 12.9. The third kappa shape index (κ3) is 2.28. The lowest BCUT2D eigenvalue weighted by atomic mass is 10.0. The monoisotopic (exact) mass is 178 g/mol. The Labute approximate surface area is 80.4 Å². The predicted octanol–water partition coefficient (Wildman–Crippen LogP) is 2.37. The van der Waals surface area contributed by atoms with Crippen molar-refractivity contribution < 1.29 is 0 Å². The van der Waals surface area contributed by atoms with E-state index in [4.69, 9.17) is 0 Å². The van der Waals surface area contributed by atoms with Crippen LogP contribution in [0.15, 0.2) is 12.3 Å². The maximum atomic E-state index is 4.32. The highest BCUT2D eigenvalue weighted by Gasteiger charge is 2.09. The van der Waals surface area contributed by atoms with Gasteiger partial charge in [-0.25, -0.2) is 0 Å². The average Bonchev–Trinajstić information content (AvgIpc) is 2.10. The second-order valence-electron chi connectivity index (χ2n) is 3.43. The molecule has 1 rings (SSSR count). The topological polar surface area (TPSA) is 24.9 Å². The van der Waals surface area contributed by atoms with Gasteiger partial charge in [-0.1, -0.05) is 6.92 Å². The molecule has 1 heterocycles. The van der Waals surface area contributed by atoms with E-state index in [1.807, 2.05) is 20.2 Å². The number of nitrogens with zero attached hydrogens (tertiary/aromatic N) is 1. The van der Waals surface area contributed by atoms with Crippen molar-refractivity contribution in [3.63, 3.8) is 0 Å². The molecule has 0 bridgehead atoms. The summed E-state index contributed by atoms with van der Waals surface area (Å²) in [6.07, 6.45) is 3.08. The van der Waals surface area contributed by atoms with E-state index in [2.05, 4.69) is 30.2 Å². The quantitative estimate of drug-likeness (QED) is 0.768. The molecule has 1 atom stereocenters. The zero-order chi connectivity index (χ0) is 9.84. The van der Waals surface area contributed by atoms with Crippen LogP contribution in [0.3, 0.4) is 0 Å². The van der Waals surface area contributed by atoms with E-state index in [9.17, 15) is 0 Å². The van der Waals surface area contributed by atoms with E-state index in [-0.39, 0.29) is 0 Å². The van der Waals surface area contributed by atoms with Crippen molar-refractivity contribution >= 4 is 0 Å². The first-order valence-electron chi connectivity index (χ1n) is 4.79. The minimum Gasteiger partial charge on any atom is -0.313 e. The number of pyridine rings is 1. The fourth-order valence-electron chi connectivity index (χ4n) is 1.65. The Kier molecular flexibility index (Phi) is 3.43. The summed E-state index contributed by atoms with van der Waals surface area (Å²) in [5, 5.41) is 3.29. The highest BCUT2D eigenvalue weighted by molar-refractivity contribution is 5.27. The molecule has 1 N–H and O–H groups in total. The lowest BCUT2D eigenvalue weighted by molar-refractivity contribution is 0.571. The summed E-state index contributed by atoms with van der Waals surface area (Å²) in [4.78, 5) is 4.32. The molecule has 0 aliphatic rings. The molecule has 0 aromatic carbocycles. The van der Waals surface area contributed by atoms with Crippen molar-refractivity contribution in [2.75, 3.05) is 7.05 Å². The molecular formula is C11H18N2. The Morgan fingerprint density at radius 3 is 2.62 bits per heavy atom. The predicted molar refractivity (Wildman–Crippen MR) is 55.8 cm³/mol. The van der Waals surface area contributed by atoms with Gasteiger partial charge in [-0.05, 0) is 44.5 Å². The molecule has 0 spiro atoms. The third-order valence-electron chi connectivity index (χ3n) is 2.42. The van der Waals surface area contributed by atoms with Gasteiger partial charge in [0.05, 0.1) is 0 Å². The Bertz CT molecular complexity index is 277. The van der Waals surface area contributed by atoms with Gasteiger partial charge in [-0.15, -0.1) is 0 Å². The highest BCUT2D eigenvalue weighted by atomic mass is 14.9. The smallest absolute Gasteiger partial charge is 0.0375 e. The molecule has 2 nitrogen and oxygen atoms in total. The lowest BCUT2D eigenvalue weighted by Gasteiger charge is -2.16. The van der Waals surface area contributed by atoms with Crippen LogP contribution in [0.2, 0.25) is 0 Å². The van der Waals surface area contributed by atoms with Crippen molar-refractivity contribution in [2.24, 2.45) is 0 Å². The second-order valence-corrected chi connectivity index (χ2v) is 3.43. The van der Waals surface area contributed by atoms with Gasteiger partial charge in [0, 0.05) is 17.9 Å². The van der Waals surface area contributed by atoms with Crippen molar-refractivity contribution in [3.8, 4) is 0 Å². The van der Waals surface area contributed by atoms with Crippen molar-refractivity contribution in [2.45, 2.75) is 33.2 Å². The first kappa shape index (κ1) is 10.2. The van der Waals surface area contributed by atoms with Crippen LogP contribution in [0.1, 0.15) is 36.2 Å². The largest absolute Gasteiger partial charge is 0.313 e. The van der Waals surface area contributed by atoms with Crippen LogP contribution in [-0.4, -0.2) is 12.0 Å². The molecule has 1 aromatic heterocycles. The Morgan fingerprint density at radius 1 is 1.46 bits per heavy atom. The van der Waals surface area contributed by atoms with Crippen LogP contribution >= 0.6 is 0 Å². The number of aryl methyl sites for hydroxylation is 2. The first-order chi connectivity index (χ1) is 6.19. The summed E-state index contributed by atoms with van der Waals surface area (Å²) in [7, 11) is 1.99. The van der Waals surface area contributed by atoms with Crippen LogP contribution in [0.4, 0.5) is 0 Å². The van der Waals surface area contributed by atoms with E-state index in [1.54, 1.807) is 0 Å². The summed E-state index contributed by atoms with van der Waals surface area (Å²) >= 11 is 0. The average molecular weight is 178 g/mol. The molecule has 0 aliphatic carbocycles. The van der Waals surface area contributed by atoms with Gasteiger partial charge in [0.15, 0.2) is 0 Å². The molecule has 0 saturated carbocycles. The summed E-state index contributed by atoms with van der Waals surface area (Å²) < 4.78 is 0. The van der Waals surface area contributed by atoms with Crippen molar-refractivity contribution in [1.82, 2.24) is 10.3 Å². The van der Waals surface area contributed by atoms with E-state index < -0.39 is 0 Å². The molecule has 0 aliphatic heterocycles. The summed E-state index contributed by atoms with van der Waals surface area (Å²) in [5.74, 6) is 0. The maximum Gasteiger partial charge on any atom is 0.0375 e. The molecule has 0 saturated heterocycles.